The zero-order valence-electron chi connectivity index (χ0n) is 11.5. The number of benzene rings is 1. The molecule has 0 aliphatic carbocycles. The summed E-state index contributed by atoms with van der Waals surface area (Å²) in [4.78, 5) is 2.23. The maximum atomic E-state index is 9.54. The van der Waals surface area contributed by atoms with Crippen LogP contribution in [-0.2, 0) is 0 Å². The van der Waals surface area contributed by atoms with Gasteiger partial charge in [0, 0.05) is 18.8 Å². The van der Waals surface area contributed by atoms with Gasteiger partial charge in [0.25, 0.3) is 0 Å². The highest BCUT2D eigenvalue weighted by Gasteiger charge is 2.16. The molecule has 0 spiro atoms. The normalized spacial score (nSPS) is 14.3. The number of halogens is 1. The summed E-state index contributed by atoms with van der Waals surface area (Å²) in [6.07, 6.45) is 2.73. The molecule has 0 heterocycles. The average Bonchev–Trinajstić information content (AvgIpc) is 2.34. The number of thioether (sulfide) groups is 1. The number of aliphatic hydroxyl groups is 1. The van der Waals surface area contributed by atoms with E-state index in [2.05, 4.69) is 25.1 Å². The Morgan fingerprint density at radius 1 is 1.44 bits per heavy atom. The SMILES string of the molecule is CCC(CSC)N(C)c1ccc([C@@H](C)O)cc1Cl. The van der Waals surface area contributed by atoms with Crippen molar-refractivity contribution in [3.63, 3.8) is 0 Å². The molecule has 0 aliphatic rings. The summed E-state index contributed by atoms with van der Waals surface area (Å²) in [6.45, 7) is 3.94. The van der Waals surface area contributed by atoms with Crippen LogP contribution in [0.3, 0.4) is 0 Å². The Morgan fingerprint density at radius 3 is 2.56 bits per heavy atom. The van der Waals surface area contributed by atoms with E-state index in [-0.39, 0.29) is 0 Å². The first-order valence-corrected chi connectivity index (χ1v) is 7.97. The van der Waals surface area contributed by atoms with Crippen molar-refractivity contribution in [2.45, 2.75) is 32.4 Å². The van der Waals surface area contributed by atoms with Gasteiger partial charge in [-0.2, -0.15) is 11.8 Å². The van der Waals surface area contributed by atoms with Crippen LogP contribution in [0, 0.1) is 0 Å². The highest BCUT2D eigenvalue weighted by Crippen LogP contribution is 2.30. The summed E-state index contributed by atoms with van der Waals surface area (Å²) in [7, 11) is 2.08. The Bertz CT molecular complexity index is 384. The molecular weight excluding hydrogens is 266 g/mol. The number of anilines is 1. The molecule has 1 N–H and O–H groups in total. The van der Waals surface area contributed by atoms with E-state index >= 15 is 0 Å². The molecule has 2 atom stereocenters. The minimum Gasteiger partial charge on any atom is -0.389 e. The summed E-state index contributed by atoms with van der Waals surface area (Å²) in [6, 6.07) is 6.26. The van der Waals surface area contributed by atoms with Crippen LogP contribution in [-0.4, -0.2) is 30.2 Å². The van der Waals surface area contributed by atoms with Crippen LogP contribution in [0.15, 0.2) is 18.2 Å². The van der Waals surface area contributed by atoms with Gasteiger partial charge in [-0.1, -0.05) is 24.6 Å². The molecule has 18 heavy (non-hydrogen) atoms. The monoisotopic (exact) mass is 287 g/mol. The predicted molar refractivity (Wildman–Crippen MR) is 82.9 cm³/mol. The van der Waals surface area contributed by atoms with Crippen molar-refractivity contribution >= 4 is 29.1 Å². The van der Waals surface area contributed by atoms with E-state index in [1.165, 1.54) is 0 Å². The molecule has 0 aliphatic heterocycles. The van der Waals surface area contributed by atoms with E-state index in [9.17, 15) is 5.11 Å². The molecule has 0 saturated heterocycles. The van der Waals surface area contributed by atoms with Crippen molar-refractivity contribution in [1.82, 2.24) is 0 Å². The predicted octanol–water partition coefficient (Wildman–Crippen LogP) is 3.97. The second kappa shape index (κ2) is 7.27. The van der Waals surface area contributed by atoms with E-state index < -0.39 is 6.10 Å². The zero-order chi connectivity index (χ0) is 13.7. The Morgan fingerprint density at radius 2 is 2.11 bits per heavy atom. The van der Waals surface area contributed by atoms with Gasteiger partial charge in [-0.3, -0.25) is 0 Å². The fourth-order valence-corrected chi connectivity index (χ4v) is 3.13. The molecule has 0 radical (unpaired) electrons. The van der Waals surface area contributed by atoms with Gasteiger partial charge >= 0.3 is 0 Å². The maximum Gasteiger partial charge on any atom is 0.0762 e. The molecule has 0 amide bonds. The van der Waals surface area contributed by atoms with Crippen molar-refractivity contribution in [3.8, 4) is 0 Å². The molecule has 0 aromatic heterocycles. The lowest BCUT2D eigenvalue weighted by atomic mass is 10.1. The highest BCUT2D eigenvalue weighted by molar-refractivity contribution is 7.98. The molecule has 1 aromatic carbocycles. The summed E-state index contributed by atoms with van der Waals surface area (Å²) in [5.74, 6) is 1.08. The number of nitrogens with zero attached hydrogens (tertiary/aromatic N) is 1. The fourth-order valence-electron chi connectivity index (χ4n) is 1.96. The standard InChI is InChI=1S/C14H22ClNOS/c1-5-12(9-18-4)16(3)14-7-6-11(10(2)17)8-13(14)15/h6-8,10,12,17H,5,9H2,1-4H3/t10-,12?/m1/s1. The topological polar surface area (TPSA) is 23.5 Å². The highest BCUT2D eigenvalue weighted by atomic mass is 35.5. The van der Waals surface area contributed by atoms with Gasteiger partial charge in [0.05, 0.1) is 16.8 Å². The van der Waals surface area contributed by atoms with Gasteiger partial charge in [-0.15, -0.1) is 0 Å². The van der Waals surface area contributed by atoms with Gasteiger partial charge in [-0.25, -0.2) is 0 Å². The van der Waals surface area contributed by atoms with Crippen molar-refractivity contribution in [2.24, 2.45) is 0 Å². The molecule has 0 saturated carbocycles. The molecule has 102 valence electrons. The van der Waals surface area contributed by atoms with Crippen LogP contribution in [0.2, 0.25) is 5.02 Å². The molecule has 1 unspecified atom stereocenters. The third-order valence-corrected chi connectivity index (χ3v) is 4.23. The second-order valence-electron chi connectivity index (χ2n) is 4.52. The molecule has 1 rings (SSSR count). The minimum absolute atomic E-state index is 0.477. The van der Waals surface area contributed by atoms with E-state index in [0.29, 0.717) is 11.1 Å². The van der Waals surface area contributed by atoms with Gasteiger partial charge in [0.2, 0.25) is 0 Å². The number of aliphatic hydroxyl groups excluding tert-OH is 1. The van der Waals surface area contributed by atoms with Gasteiger partial charge in [0.1, 0.15) is 0 Å². The van der Waals surface area contributed by atoms with Crippen LogP contribution in [0.1, 0.15) is 31.9 Å². The van der Waals surface area contributed by atoms with Crippen molar-refractivity contribution in [3.05, 3.63) is 28.8 Å². The molecular formula is C14H22ClNOS. The van der Waals surface area contributed by atoms with E-state index in [1.807, 2.05) is 30.0 Å². The Labute approximate surface area is 119 Å². The first kappa shape index (κ1) is 15.7. The Hall–Kier alpha value is -0.380. The van der Waals surface area contributed by atoms with Crippen molar-refractivity contribution < 1.29 is 5.11 Å². The summed E-state index contributed by atoms with van der Waals surface area (Å²) < 4.78 is 0. The van der Waals surface area contributed by atoms with Crippen LogP contribution >= 0.6 is 23.4 Å². The van der Waals surface area contributed by atoms with Crippen LogP contribution in [0.25, 0.3) is 0 Å². The molecule has 0 fully saturated rings. The Balaban J connectivity index is 2.95. The first-order chi connectivity index (χ1) is 8.51. The minimum atomic E-state index is -0.477. The summed E-state index contributed by atoms with van der Waals surface area (Å²) in [5, 5.41) is 10.2. The maximum absolute atomic E-state index is 9.54. The lowest BCUT2D eigenvalue weighted by Gasteiger charge is -2.30. The van der Waals surface area contributed by atoms with E-state index in [1.54, 1.807) is 6.92 Å². The van der Waals surface area contributed by atoms with Gasteiger partial charge in [-0.05, 0) is 37.3 Å². The quantitative estimate of drug-likeness (QED) is 0.856. The van der Waals surface area contributed by atoms with Crippen LogP contribution in [0.5, 0.6) is 0 Å². The lowest BCUT2D eigenvalue weighted by molar-refractivity contribution is 0.199. The molecule has 4 heteroatoms. The molecule has 0 bridgehead atoms. The fraction of sp³-hybridized carbons (Fsp3) is 0.571. The van der Waals surface area contributed by atoms with Crippen LogP contribution < -0.4 is 4.90 Å². The second-order valence-corrected chi connectivity index (χ2v) is 5.83. The first-order valence-electron chi connectivity index (χ1n) is 6.20. The third kappa shape index (κ3) is 3.81. The summed E-state index contributed by atoms with van der Waals surface area (Å²) in [5.41, 5.74) is 1.89. The number of hydrogen-bond acceptors (Lipinski definition) is 3. The lowest BCUT2D eigenvalue weighted by Crippen LogP contribution is -2.33. The van der Waals surface area contributed by atoms with E-state index in [0.717, 1.165) is 23.4 Å². The van der Waals surface area contributed by atoms with E-state index in [4.69, 9.17) is 11.6 Å². The van der Waals surface area contributed by atoms with Crippen molar-refractivity contribution in [1.29, 1.82) is 0 Å². The molecule has 2 nitrogen and oxygen atoms in total. The largest absolute Gasteiger partial charge is 0.389 e. The average molecular weight is 288 g/mol. The summed E-state index contributed by atoms with van der Waals surface area (Å²) >= 11 is 8.16. The van der Waals surface area contributed by atoms with Crippen molar-refractivity contribution in [2.75, 3.05) is 24.0 Å². The third-order valence-electron chi connectivity index (χ3n) is 3.21. The number of hydrogen-bond donors (Lipinski definition) is 1. The zero-order valence-corrected chi connectivity index (χ0v) is 13.1. The van der Waals surface area contributed by atoms with Gasteiger partial charge < -0.3 is 10.0 Å². The molecule has 1 aromatic rings. The van der Waals surface area contributed by atoms with Gasteiger partial charge in [0.15, 0.2) is 0 Å². The Kier molecular flexibility index (Phi) is 6.33. The van der Waals surface area contributed by atoms with Crippen LogP contribution in [0.4, 0.5) is 5.69 Å². The number of rotatable bonds is 6. The smallest absolute Gasteiger partial charge is 0.0762 e.